The highest BCUT2D eigenvalue weighted by Gasteiger charge is 2.34. The highest BCUT2D eigenvalue weighted by Crippen LogP contribution is 2.35. The second kappa shape index (κ2) is 9.98. The standard InChI is InChI=1S/C35H26N2O3S/c1-3-40-34(39)31-21(2)36-35-37(32(31)28-18-10-14-22-11-4-7-15-25(22)28)33(38)30(41-35)20-29-26-16-8-5-12-23(26)19-24-13-6-9-17-27(24)29/h4-20,32H,3H2,1-2H3/b30-20-/t32-/m0/s1. The van der Waals surface area contributed by atoms with Crippen LogP contribution in [0.25, 0.3) is 38.4 Å². The highest BCUT2D eigenvalue weighted by atomic mass is 32.1. The number of allylic oxidation sites excluding steroid dienone is 1. The number of ether oxygens (including phenoxy) is 1. The van der Waals surface area contributed by atoms with Crippen LogP contribution in [0.15, 0.2) is 118 Å². The maximum Gasteiger partial charge on any atom is 0.338 e. The minimum Gasteiger partial charge on any atom is -0.463 e. The van der Waals surface area contributed by atoms with E-state index >= 15 is 0 Å². The first-order chi connectivity index (χ1) is 20.0. The van der Waals surface area contributed by atoms with Crippen LogP contribution in [-0.4, -0.2) is 17.1 Å². The molecule has 0 saturated carbocycles. The fraction of sp³-hybridized carbons (Fsp3) is 0.114. The van der Waals surface area contributed by atoms with Crippen LogP contribution in [0, 0.1) is 0 Å². The topological polar surface area (TPSA) is 60.7 Å². The van der Waals surface area contributed by atoms with Gasteiger partial charge in [-0.25, -0.2) is 9.79 Å². The number of aromatic nitrogens is 1. The molecule has 1 aliphatic heterocycles. The van der Waals surface area contributed by atoms with E-state index in [9.17, 15) is 9.59 Å². The summed E-state index contributed by atoms with van der Waals surface area (Å²) in [6.07, 6.45) is 1.98. The lowest BCUT2D eigenvalue weighted by Gasteiger charge is -2.25. The SMILES string of the molecule is CCOC(=O)C1=C(C)N=c2s/c(=C\c3c4ccccc4cc4ccccc34)c(=O)n2[C@H]1c1cccc2ccccc12. The smallest absolute Gasteiger partial charge is 0.338 e. The Morgan fingerprint density at radius 1 is 0.878 bits per heavy atom. The minimum absolute atomic E-state index is 0.182. The number of nitrogens with zero attached hydrogens (tertiary/aromatic N) is 2. The molecular weight excluding hydrogens is 528 g/mol. The van der Waals surface area contributed by atoms with E-state index in [1.807, 2.05) is 79.7 Å². The summed E-state index contributed by atoms with van der Waals surface area (Å²) >= 11 is 1.35. The fourth-order valence-corrected chi connectivity index (χ4v) is 6.94. The minimum atomic E-state index is -0.664. The van der Waals surface area contributed by atoms with E-state index < -0.39 is 12.0 Å². The van der Waals surface area contributed by atoms with Gasteiger partial charge in [-0.05, 0) is 69.4 Å². The van der Waals surface area contributed by atoms with Gasteiger partial charge in [0.25, 0.3) is 5.56 Å². The summed E-state index contributed by atoms with van der Waals surface area (Å²) in [7, 11) is 0. The van der Waals surface area contributed by atoms with Gasteiger partial charge in [-0.2, -0.15) is 0 Å². The number of thiazole rings is 1. The van der Waals surface area contributed by atoms with Crippen LogP contribution in [0.1, 0.15) is 31.0 Å². The van der Waals surface area contributed by atoms with Crippen molar-refractivity contribution in [3.63, 3.8) is 0 Å². The molecule has 1 atom stereocenters. The number of hydrogen-bond donors (Lipinski definition) is 0. The van der Waals surface area contributed by atoms with Crippen molar-refractivity contribution in [3.05, 3.63) is 139 Å². The Bertz CT molecular complexity index is 2180. The van der Waals surface area contributed by atoms with Crippen molar-refractivity contribution in [2.45, 2.75) is 19.9 Å². The Kier molecular flexibility index (Phi) is 6.13. The van der Waals surface area contributed by atoms with E-state index in [1.54, 1.807) is 11.5 Å². The number of benzene rings is 5. The molecule has 5 aromatic carbocycles. The number of carbonyl (C=O) groups is 1. The van der Waals surface area contributed by atoms with E-state index in [4.69, 9.17) is 9.73 Å². The third-order valence-electron chi connectivity index (χ3n) is 7.72. The summed E-state index contributed by atoms with van der Waals surface area (Å²) in [5.41, 5.74) is 2.62. The van der Waals surface area contributed by atoms with Crippen molar-refractivity contribution in [2.75, 3.05) is 6.61 Å². The van der Waals surface area contributed by atoms with Gasteiger partial charge < -0.3 is 4.74 Å². The lowest BCUT2D eigenvalue weighted by Crippen LogP contribution is -2.40. The summed E-state index contributed by atoms with van der Waals surface area (Å²) in [5.74, 6) is -0.457. The maximum absolute atomic E-state index is 14.4. The van der Waals surface area contributed by atoms with E-state index in [-0.39, 0.29) is 12.2 Å². The van der Waals surface area contributed by atoms with E-state index in [0.29, 0.717) is 20.6 Å². The van der Waals surface area contributed by atoms with Crippen molar-refractivity contribution < 1.29 is 9.53 Å². The fourth-order valence-electron chi connectivity index (χ4n) is 5.91. The van der Waals surface area contributed by atoms with Gasteiger partial charge in [-0.15, -0.1) is 0 Å². The van der Waals surface area contributed by atoms with Gasteiger partial charge in [0.05, 0.1) is 28.5 Å². The molecule has 0 bridgehead atoms. The average Bonchev–Trinajstić information content (AvgIpc) is 3.30. The number of rotatable bonds is 4. The first-order valence-corrected chi connectivity index (χ1v) is 14.4. The maximum atomic E-state index is 14.4. The number of hydrogen-bond acceptors (Lipinski definition) is 5. The summed E-state index contributed by atoms with van der Waals surface area (Å²) in [5, 5.41) is 6.38. The summed E-state index contributed by atoms with van der Waals surface area (Å²) < 4.78 is 7.73. The largest absolute Gasteiger partial charge is 0.463 e. The van der Waals surface area contributed by atoms with E-state index in [1.165, 1.54) is 11.3 Å². The molecular formula is C35H26N2O3S. The molecule has 7 rings (SSSR count). The van der Waals surface area contributed by atoms with Crippen LogP contribution in [0.2, 0.25) is 0 Å². The molecule has 0 unspecified atom stereocenters. The second-order valence-electron chi connectivity index (χ2n) is 10.1. The van der Waals surface area contributed by atoms with E-state index in [2.05, 4.69) is 30.3 Å². The first-order valence-electron chi connectivity index (χ1n) is 13.6. The van der Waals surface area contributed by atoms with Crippen molar-refractivity contribution >= 4 is 55.7 Å². The number of carbonyl (C=O) groups excluding carboxylic acids is 1. The molecule has 200 valence electrons. The molecule has 6 aromatic rings. The Balaban J connectivity index is 1.54. The first kappa shape index (κ1) is 25.2. The molecule has 41 heavy (non-hydrogen) atoms. The lowest BCUT2D eigenvalue weighted by molar-refractivity contribution is -0.139. The Morgan fingerprint density at radius 3 is 2.17 bits per heavy atom. The van der Waals surface area contributed by atoms with Crippen LogP contribution in [-0.2, 0) is 9.53 Å². The molecule has 0 fully saturated rings. The third-order valence-corrected chi connectivity index (χ3v) is 8.71. The van der Waals surface area contributed by atoms with Crippen molar-refractivity contribution in [2.24, 2.45) is 4.99 Å². The predicted molar refractivity (Wildman–Crippen MR) is 166 cm³/mol. The summed E-state index contributed by atoms with van der Waals surface area (Å²) in [4.78, 5) is 33.1. The van der Waals surface area contributed by atoms with Gasteiger partial charge in [-0.1, -0.05) is 102 Å². The Morgan fingerprint density at radius 2 is 1.49 bits per heavy atom. The molecule has 1 aliphatic rings. The molecule has 0 N–H and O–H groups in total. The molecule has 2 heterocycles. The van der Waals surface area contributed by atoms with Crippen LogP contribution in [0.5, 0.6) is 0 Å². The van der Waals surface area contributed by atoms with Gasteiger partial charge in [-0.3, -0.25) is 9.36 Å². The zero-order chi connectivity index (χ0) is 28.1. The molecule has 1 aromatic heterocycles. The zero-order valence-electron chi connectivity index (χ0n) is 22.6. The number of fused-ring (bicyclic) bond motifs is 4. The molecule has 6 heteroatoms. The van der Waals surface area contributed by atoms with Crippen LogP contribution in [0.4, 0.5) is 0 Å². The Hall–Kier alpha value is -4.81. The molecule has 0 aliphatic carbocycles. The molecule has 5 nitrogen and oxygen atoms in total. The van der Waals surface area contributed by atoms with Gasteiger partial charge in [0.2, 0.25) is 0 Å². The highest BCUT2D eigenvalue weighted by molar-refractivity contribution is 7.07. The molecule has 0 radical (unpaired) electrons. The number of esters is 1. The molecule has 0 saturated heterocycles. The lowest BCUT2D eigenvalue weighted by atomic mass is 9.91. The molecule has 0 amide bonds. The molecule has 0 spiro atoms. The van der Waals surface area contributed by atoms with Crippen LogP contribution >= 0.6 is 11.3 Å². The quantitative estimate of drug-likeness (QED) is 0.191. The Labute approximate surface area is 240 Å². The van der Waals surface area contributed by atoms with Gasteiger partial charge >= 0.3 is 5.97 Å². The second-order valence-corrected chi connectivity index (χ2v) is 11.1. The summed E-state index contributed by atoms with van der Waals surface area (Å²) in [6.45, 7) is 3.83. The van der Waals surface area contributed by atoms with E-state index in [0.717, 1.165) is 43.4 Å². The van der Waals surface area contributed by atoms with Crippen molar-refractivity contribution in [1.82, 2.24) is 4.57 Å². The van der Waals surface area contributed by atoms with Gasteiger partial charge in [0.15, 0.2) is 4.80 Å². The average molecular weight is 555 g/mol. The van der Waals surface area contributed by atoms with Crippen molar-refractivity contribution in [3.8, 4) is 0 Å². The summed E-state index contributed by atoms with van der Waals surface area (Å²) in [6, 6.07) is 32.0. The monoisotopic (exact) mass is 554 g/mol. The van der Waals surface area contributed by atoms with Crippen LogP contribution < -0.4 is 14.9 Å². The third kappa shape index (κ3) is 4.10. The van der Waals surface area contributed by atoms with Gasteiger partial charge in [0, 0.05) is 0 Å². The normalized spacial score (nSPS) is 15.4. The van der Waals surface area contributed by atoms with Crippen LogP contribution in [0.3, 0.4) is 0 Å². The zero-order valence-corrected chi connectivity index (χ0v) is 23.4. The van der Waals surface area contributed by atoms with Gasteiger partial charge in [0.1, 0.15) is 0 Å². The predicted octanol–water partition coefficient (Wildman–Crippen LogP) is 6.26. The van der Waals surface area contributed by atoms with Crippen molar-refractivity contribution in [1.29, 1.82) is 0 Å².